The van der Waals surface area contributed by atoms with Crippen molar-refractivity contribution in [1.82, 2.24) is 0 Å². The molecule has 0 N–H and O–H groups in total. The van der Waals surface area contributed by atoms with Gasteiger partial charge in [0.2, 0.25) is 5.69 Å². The number of aromatic nitrogens is 1. The van der Waals surface area contributed by atoms with Crippen molar-refractivity contribution in [2.45, 2.75) is 86.5 Å². The summed E-state index contributed by atoms with van der Waals surface area (Å²) in [5.41, 5.74) is 8.81. The van der Waals surface area contributed by atoms with Crippen LogP contribution in [0.3, 0.4) is 0 Å². The fourth-order valence-electron chi connectivity index (χ4n) is 4.65. The van der Waals surface area contributed by atoms with Gasteiger partial charge < -0.3 is 0 Å². The first kappa shape index (κ1) is 23.5. The summed E-state index contributed by atoms with van der Waals surface area (Å²) in [5.74, 6) is 0. The summed E-state index contributed by atoms with van der Waals surface area (Å²) in [7, 11) is 2.18. The fraction of sp³-hybridized carbons (Fsp3) is 0.500. The van der Waals surface area contributed by atoms with Crippen molar-refractivity contribution in [2.24, 2.45) is 12.5 Å². The van der Waals surface area contributed by atoms with E-state index in [1.807, 2.05) is 0 Å². The van der Waals surface area contributed by atoms with Gasteiger partial charge in [-0.2, -0.15) is 0 Å². The van der Waals surface area contributed by atoms with Crippen LogP contribution in [0.1, 0.15) is 84.6 Å². The zero-order valence-corrected chi connectivity index (χ0v) is 21.7. The minimum absolute atomic E-state index is 0.100. The molecule has 0 saturated carbocycles. The molecular formula is C30H42N+. The maximum atomic E-state index is 2.44. The van der Waals surface area contributed by atoms with Crippen LogP contribution in [-0.2, 0) is 24.3 Å². The maximum Gasteiger partial charge on any atom is 0.220 e. The van der Waals surface area contributed by atoms with E-state index in [2.05, 4.69) is 123 Å². The Kier molecular flexibility index (Phi) is 5.89. The molecule has 1 nitrogen and oxygen atoms in total. The molecule has 3 aromatic rings. The van der Waals surface area contributed by atoms with E-state index in [1.54, 1.807) is 0 Å². The number of fused-ring (bicyclic) bond motifs is 1. The zero-order chi connectivity index (χ0) is 23.4. The zero-order valence-electron chi connectivity index (χ0n) is 21.7. The van der Waals surface area contributed by atoms with E-state index >= 15 is 0 Å². The lowest BCUT2D eigenvalue weighted by Crippen LogP contribution is -2.31. The minimum Gasteiger partial charge on any atom is -0.200 e. The summed E-state index contributed by atoms with van der Waals surface area (Å²) < 4.78 is 2.30. The molecule has 31 heavy (non-hydrogen) atoms. The normalized spacial score (nSPS) is 13.1. The Labute approximate surface area is 190 Å². The molecule has 0 fully saturated rings. The number of nitrogens with zero attached hydrogens (tertiary/aromatic N) is 1. The number of aryl methyl sites for hydroxylation is 1. The summed E-state index contributed by atoms with van der Waals surface area (Å²) in [4.78, 5) is 0. The molecule has 0 aliphatic carbocycles. The monoisotopic (exact) mass is 416 g/mol. The molecule has 0 aliphatic heterocycles. The van der Waals surface area contributed by atoms with E-state index < -0.39 is 0 Å². The summed E-state index contributed by atoms with van der Waals surface area (Å²) in [5, 5.41) is 2.66. The van der Waals surface area contributed by atoms with Crippen LogP contribution in [0.2, 0.25) is 0 Å². The lowest BCUT2D eigenvalue weighted by atomic mass is 9.76. The van der Waals surface area contributed by atoms with Crippen molar-refractivity contribution < 1.29 is 4.57 Å². The smallest absolute Gasteiger partial charge is 0.200 e. The van der Waals surface area contributed by atoms with Crippen molar-refractivity contribution in [2.75, 3.05) is 0 Å². The fourth-order valence-corrected chi connectivity index (χ4v) is 4.65. The molecule has 0 bridgehead atoms. The van der Waals surface area contributed by atoms with Gasteiger partial charge in [0.25, 0.3) is 0 Å². The van der Waals surface area contributed by atoms with Gasteiger partial charge in [-0.15, -0.1) is 0 Å². The summed E-state index contributed by atoms with van der Waals surface area (Å²) in [6, 6.07) is 14.2. The Bertz CT molecular complexity index is 1110. The highest BCUT2D eigenvalue weighted by Gasteiger charge is 2.27. The Morgan fingerprint density at radius 1 is 0.774 bits per heavy atom. The quantitative estimate of drug-likeness (QED) is 0.375. The second kappa shape index (κ2) is 7.76. The summed E-state index contributed by atoms with van der Waals surface area (Å²) in [6.45, 7) is 23.2. The van der Waals surface area contributed by atoms with Crippen LogP contribution >= 0.6 is 0 Å². The number of rotatable bonds is 2. The number of hydrogen-bond donors (Lipinski definition) is 0. The van der Waals surface area contributed by atoms with Gasteiger partial charge in [0.15, 0.2) is 6.20 Å². The molecule has 0 spiro atoms. The van der Waals surface area contributed by atoms with Gasteiger partial charge >= 0.3 is 0 Å². The average Bonchev–Trinajstić information content (AvgIpc) is 2.59. The topological polar surface area (TPSA) is 3.88 Å². The van der Waals surface area contributed by atoms with Gasteiger partial charge in [-0.25, -0.2) is 4.57 Å². The molecule has 0 saturated heterocycles. The highest BCUT2D eigenvalue weighted by atomic mass is 14.9. The third-order valence-electron chi connectivity index (χ3n) is 6.27. The van der Waals surface area contributed by atoms with E-state index in [9.17, 15) is 0 Å². The molecule has 2 aromatic carbocycles. The van der Waals surface area contributed by atoms with Crippen LogP contribution in [0.15, 0.2) is 42.6 Å². The first-order valence-corrected chi connectivity index (χ1v) is 11.7. The molecule has 1 heterocycles. The molecular weight excluding hydrogens is 374 g/mol. The first-order chi connectivity index (χ1) is 14.1. The third-order valence-corrected chi connectivity index (χ3v) is 6.27. The Hall–Kier alpha value is -2.15. The van der Waals surface area contributed by atoms with Gasteiger partial charge in [-0.1, -0.05) is 80.5 Å². The molecule has 0 aliphatic rings. The lowest BCUT2D eigenvalue weighted by Gasteiger charge is -2.28. The van der Waals surface area contributed by atoms with Gasteiger partial charge in [-0.05, 0) is 69.4 Å². The lowest BCUT2D eigenvalue weighted by molar-refractivity contribution is -0.659. The number of benzene rings is 2. The van der Waals surface area contributed by atoms with Crippen molar-refractivity contribution in [1.29, 1.82) is 0 Å². The van der Waals surface area contributed by atoms with Gasteiger partial charge in [0.05, 0.1) is 10.9 Å². The Balaban J connectivity index is 2.33. The molecule has 0 radical (unpaired) electrons. The highest BCUT2D eigenvalue weighted by molar-refractivity contribution is 5.94. The Morgan fingerprint density at radius 3 is 1.97 bits per heavy atom. The largest absolute Gasteiger partial charge is 0.220 e. The predicted molar refractivity (Wildman–Crippen MR) is 136 cm³/mol. The van der Waals surface area contributed by atoms with E-state index in [4.69, 9.17) is 0 Å². The van der Waals surface area contributed by atoms with Crippen molar-refractivity contribution in [3.8, 4) is 11.3 Å². The molecule has 166 valence electrons. The van der Waals surface area contributed by atoms with Crippen LogP contribution in [0.5, 0.6) is 0 Å². The molecule has 3 rings (SSSR count). The molecule has 1 aromatic heterocycles. The average molecular weight is 417 g/mol. The first-order valence-electron chi connectivity index (χ1n) is 11.7. The Morgan fingerprint density at radius 2 is 1.42 bits per heavy atom. The minimum atomic E-state index is 0.100. The second-order valence-corrected chi connectivity index (χ2v) is 12.6. The molecule has 0 atom stereocenters. The van der Waals surface area contributed by atoms with E-state index in [0.29, 0.717) is 0 Å². The van der Waals surface area contributed by atoms with Crippen molar-refractivity contribution in [3.63, 3.8) is 0 Å². The second-order valence-electron chi connectivity index (χ2n) is 12.6. The third kappa shape index (κ3) is 5.03. The molecule has 1 heteroatoms. The SMILES string of the molecule is Cc1c(-c2c3ccc(CC(C)(C)C)cc3cc[n+]2C)cc(C(C)(C)C)cc1C(C)(C)C. The van der Waals surface area contributed by atoms with Gasteiger partial charge in [0.1, 0.15) is 7.05 Å². The predicted octanol–water partition coefficient (Wildman–Crippen LogP) is 7.82. The molecule has 0 amide bonds. The summed E-state index contributed by atoms with van der Waals surface area (Å²) >= 11 is 0. The van der Waals surface area contributed by atoms with E-state index in [1.165, 1.54) is 44.3 Å². The highest BCUT2D eigenvalue weighted by Crippen LogP contribution is 2.38. The van der Waals surface area contributed by atoms with Crippen LogP contribution in [-0.4, -0.2) is 0 Å². The van der Waals surface area contributed by atoms with Crippen LogP contribution < -0.4 is 4.57 Å². The van der Waals surface area contributed by atoms with Crippen molar-refractivity contribution >= 4 is 10.8 Å². The van der Waals surface area contributed by atoms with Crippen LogP contribution in [0.4, 0.5) is 0 Å². The standard InChI is InChI=1S/C30H42N/c1-20-25(17-23(29(5,6)7)18-26(20)30(8,9)10)27-24-13-12-21(19-28(2,3)4)16-22(24)14-15-31(27)11/h12-18H,19H2,1-11H3/q+1. The van der Waals surface area contributed by atoms with Gasteiger partial charge in [0, 0.05) is 6.07 Å². The maximum absolute atomic E-state index is 2.44. The van der Waals surface area contributed by atoms with Gasteiger partial charge in [-0.3, -0.25) is 0 Å². The number of pyridine rings is 1. The van der Waals surface area contributed by atoms with Crippen LogP contribution in [0.25, 0.3) is 22.0 Å². The molecule has 0 unspecified atom stereocenters. The van der Waals surface area contributed by atoms with Crippen LogP contribution in [0, 0.1) is 12.3 Å². The van der Waals surface area contributed by atoms with E-state index in [0.717, 1.165) is 6.42 Å². The number of hydrogen-bond acceptors (Lipinski definition) is 0. The van der Waals surface area contributed by atoms with Crippen molar-refractivity contribution in [3.05, 3.63) is 64.8 Å². The van der Waals surface area contributed by atoms with E-state index in [-0.39, 0.29) is 16.2 Å². The summed E-state index contributed by atoms with van der Waals surface area (Å²) in [6.07, 6.45) is 3.31.